The highest BCUT2D eigenvalue weighted by atomic mass is 35.5. The van der Waals surface area contributed by atoms with Crippen LogP contribution in [-0.2, 0) is 16.1 Å². The summed E-state index contributed by atoms with van der Waals surface area (Å²) in [6.45, 7) is 2.21. The first kappa shape index (κ1) is 25.9. The summed E-state index contributed by atoms with van der Waals surface area (Å²) in [5.74, 6) is -2.27. The molecule has 2 atom stereocenters. The predicted molar refractivity (Wildman–Crippen MR) is 128 cm³/mol. The maximum absolute atomic E-state index is 14.1. The van der Waals surface area contributed by atoms with Gasteiger partial charge in [-0.25, -0.2) is 9.37 Å². The summed E-state index contributed by atoms with van der Waals surface area (Å²) in [5, 5.41) is 13.0. The standard InChI is InChI=1S/C24H28ClFN4O6/c1-3-14-11-35-12-16-22-28-19(20(32)24(34)30(14)22)23(33)27-10-13-7-8-15(26)18(25)21(13)36-9-5-4-6-17(31)29(16)2/h7-8,14,16,32H,3-6,9-12H2,1-2H3,(H,27,33)/t14-,16+/m0/s1. The third-order valence-electron chi connectivity index (χ3n) is 6.52. The highest BCUT2D eigenvalue weighted by molar-refractivity contribution is 6.32. The van der Waals surface area contributed by atoms with Gasteiger partial charge in [-0.15, -0.1) is 0 Å². The second-order valence-corrected chi connectivity index (χ2v) is 9.18. The number of halogens is 2. The zero-order valence-electron chi connectivity index (χ0n) is 20.1. The number of benzene rings is 1. The van der Waals surface area contributed by atoms with E-state index in [2.05, 4.69) is 10.3 Å². The van der Waals surface area contributed by atoms with Gasteiger partial charge in [-0.2, -0.15) is 0 Å². The van der Waals surface area contributed by atoms with Crippen LogP contribution < -0.4 is 15.6 Å². The molecular formula is C24H28ClFN4O6. The van der Waals surface area contributed by atoms with E-state index >= 15 is 0 Å². The molecule has 2 aliphatic rings. The molecular weight excluding hydrogens is 495 g/mol. The Morgan fingerprint density at radius 2 is 2.03 bits per heavy atom. The SMILES string of the molecule is CC[C@H]1COC[C@@H]2c3nc(c(O)c(=O)n31)C(=O)NCc1ccc(F)c(Cl)c1OCCCCC(=O)N2C. The van der Waals surface area contributed by atoms with Crippen molar-refractivity contribution in [3.63, 3.8) is 0 Å². The molecule has 2 aliphatic heterocycles. The van der Waals surface area contributed by atoms with Crippen LogP contribution in [0.25, 0.3) is 0 Å². The Labute approximate surface area is 212 Å². The lowest BCUT2D eigenvalue weighted by molar-refractivity contribution is -0.133. The smallest absolute Gasteiger partial charge is 0.296 e. The number of fused-ring (bicyclic) bond motifs is 2. The molecule has 2 N–H and O–H groups in total. The molecule has 12 heteroatoms. The molecule has 1 aromatic carbocycles. The number of carbonyl (C=O) groups excluding carboxylic acids is 2. The lowest BCUT2D eigenvalue weighted by Gasteiger charge is -2.28. The van der Waals surface area contributed by atoms with Crippen LogP contribution in [0, 0.1) is 5.82 Å². The number of nitrogens with one attached hydrogen (secondary N) is 1. The molecule has 10 nitrogen and oxygen atoms in total. The highest BCUT2D eigenvalue weighted by Crippen LogP contribution is 2.32. The van der Waals surface area contributed by atoms with E-state index in [0.717, 1.165) is 6.07 Å². The molecule has 4 rings (SSSR count). The molecule has 2 amide bonds. The molecule has 0 radical (unpaired) electrons. The van der Waals surface area contributed by atoms with Gasteiger partial charge in [0.2, 0.25) is 11.7 Å². The van der Waals surface area contributed by atoms with E-state index in [4.69, 9.17) is 21.1 Å². The minimum absolute atomic E-state index is 0.0784. The highest BCUT2D eigenvalue weighted by Gasteiger charge is 2.34. The molecule has 0 fully saturated rings. The molecule has 194 valence electrons. The van der Waals surface area contributed by atoms with Gasteiger partial charge in [0.25, 0.3) is 11.5 Å². The maximum Gasteiger partial charge on any atom is 0.296 e. The summed E-state index contributed by atoms with van der Waals surface area (Å²) >= 11 is 6.11. The first-order chi connectivity index (χ1) is 17.2. The molecule has 0 saturated heterocycles. The molecule has 36 heavy (non-hydrogen) atoms. The summed E-state index contributed by atoms with van der Waals surface area (Å²) in [4.78, 5) is 45.1. The van der Waals surface area contributed by atoms with Crippen molar-refractivity contribution in [1.29, 1.82) is 0 Å². The topological polar surface area (TPSA) is 123 Å². The Balaban J connectivity index is 1.82. The van der Waals surface area contributed by atoms with Gasteiger partial charge in [-0.3, -0.25) is 19.0 Å². The third-order valence-corrected chi connectivity index (χ3v) is 6.87. The number of rotatable bonds is 1. The number of aromatic nitrogens is 2. The van der Waals surface area contributed by atoms with Gasteiger partial charge in [0.1, 0.15) is 28.5 Å². The van der Waals surface area contributed by atoms with Crippen molar-refractivity contribution in [1.82, 2.24) is 19.8 Å². The number of ether oxygens (including phenoxy) is 2. The van der Waals surface area contributed by atoms with Crippen molar-refractivity contribution in [3.05, 3.63) is 50.4 Å². The fourth-order valence-corrected chi connectivity index (χ4v) is 4.61. The molecule has 0 spiro atoms. The Kier molecular flexibility index (Phi) is 7.79. The second-order valence-electron chi connectivity index (χ2n) is 8.80. The van der Waals surface area contributed by atoms with Crippen molar-refractivity contribution >= 4 is 23.4 Å². The average Bonchev–Trinajstić information content (AvgIpc) is 3.05. The van der Waals surface area contributed by atoms with Crippen LogP contribution in [-0.4, -0.2) is 58.2 Å². The molecule has 0 aliphatic carbocycles. The normalized spacial score (nSPS) is 21.3. The third kappa shape index (κ3) is 4.90. The van der Waals surface area contributed by atoms with Crippen LogP contribution in [0.1, 0.15) is 66.6 Å². The maximum atomic E-state index is 14.1. The summed E-state index contributed by atoms with van der Waals surface area (Å²) in [5.41, 5.74) is -0.860. The lowest BCUT2D eigenvalue weighted by atomic mass is 10.1. The summed E-state index contributed by atoms with van der Waals surface area (Å²) < 4.78 is 26.9. The van der Waals surface area contributed by atoms with E-state index in [0.29, 0.717) is 24.8 Å². The van der Waals surface area contributed by atoms with Crippen LogP contribution in [0.5, 0.6) is 11.5 Å². The molecule has 1 aromatic heterocycles. The molecule has 3 heterocycles. The van der Waals surface area contributed by atoms with Gasteiger partial charge >= 0.3 is 0 Å². The summed E-state index contributed by atoms with van der Waals surface area (Å²) in [7, 11) is 1.59. The van der Waals surface area contributed by atoms with E-state index in [1.54, 1.807) is 7.05 Å². The van der Waals surface area contributed by atoms with Crippen LogP contribution in [0.3, 0.4) is 0 Å². The molecule has 2 aromatic rings. The number of carbonyl (C=O) groups is 2. The Morgan fingerprint density at radius 1 is 1.25 bits per heavy atom. The van der Waals surface area contributed by atoms with Gasteiger partial charge in [0.15, 0.2) is 5.69 Å². The van der Waals surface area contributed by atoms with E-state index in [1.807, 2.05) is 6.92 Å². The van der Waals surface area contributed by atoms with E-state index in [9.17, 15) is 23.9 Å². The zero-order chi connectivity index (χ0) is 26.0. The number of nitrogens with zero attached hydrogens (tertiary/aromatic N) is 3. The van der Waals surface area contributed by atoms with Crippen LogP contribution in [0.2, 0.25) is 5.02 Å². The average molecular weight is 523 g/mol. The predicted octanol–water partition coefficient (Wildman–Crippen LogP) is 2.71. The van der Waals surface area contributed by atoms with Crippen molar-refractivity contribution < 1.29 is 28.6 Å². The first-order valence-electron chi connectivity index (χ1n) is 11.8. The van der Waals surface area contributed by atoms with E-state index in [1.165, 1.54) is 15.5 Å². The van der Waals surface area contributed by atoms with E-state index < -0.39 is 40.8 Å². The largest absolute Gasteiger partial charge is 0.501 e. The van der Waals surface area contributed by atoms with E-state index in [-0.39, 0.29) is 55.3 Å². The summed E-state index contributed by atoms with van der Waals surface area (Å²) in [6, 6.07) is 1.42. The van der Waals surface area contributed by atoms with Gasteiger partial charge in [-0.05, 0) is 25.3 Å². The second kappa shape index (κ2) is 10.8. The Hall–Kier alpha value is -3.18. The van der Waals surface area contributed by atoms with Gasteiger partial charge in [-0.1, -0.05) is 24.6 Å². The van der Waals surface area contributed by atoms with Crippen LogP contribution >= 0.6 is 11.6 Å². The zero-order valence-corrected chi connectivity index (χ0v) is 20.8. The number of hydrogen-bond donors (Lipinski definition) is 2. The first-order valence-corrected chi connectivity index (χ1v) is 12.2. The van der Waals surface area contributed by atoms with Gasteiger partial charge in [0.05, 0.1) is 25.9 Å². The van der Waals surface area contributed by atoms with Crippen molar-refractivity contribution in [2.45, 2.75) is 51.2 Å². The van der Waals surface area contributed by atoms with Crippen LogP contribution in [0.4, 0.5) is 4.39 Å². The number of aromatic hydroxyl groups is 1. The number of amides is 2. The van der Waals surface area contributed by atoms with Gasteiger partial charge < -0.3 is 24.8 Å². The Bertz CT molecular complexity index is 1240. The quantitative estimate of drug-likeness (QED) is 0.590. The number of likely N-dealkylation sites (N-methyl/N-ethyl adjacent to an activating group) is 1. The van der Waals surface area contributed by atoms with Crippen LogP contribution in [0.15, 0.2) is 16.9 Å². The molecule has 2 bridgehead atoms. The molecule has 0 unspecified atom stereocenters. The van der Waals surface area contributed by atoms with Gasteiger partial charge in [0, 0.05) is 25.6 Å². The fourth-order valence-electron chi connectivity index (χ4n) is 4.37. The molecule has 0 saturated carbocycles. The Morgan fingerprint density at radius 3 is 2.78 bits per heavy atom. The van der Waals surface area contributed by atoms with Crippen molar-refractivity contribution in [2.75, 3.05) is 26.9 Å². The minimum atomic E-state index is -0.822. The minimum Gasteiger partial charge on any atom is -0.501 e. The fraction of sp³-hybridized carbons (Fsp3) is 0.500. The lowest BCUT2D eigenvalue weighted by Crippen LogP contribution is -2.39. The van der Waals surface area contributed by atoms with Crippen molar-refractivity contribution in [2.24, 2.45) is 0 Å². The monoisotopic (exact) mass is 522 g/mol. The number of hydrogen-bond acceptors (Lipinski definition) is 7. The summed E-state index contributed by atoms with van der Waals surface area (Å²) in [6.07, 6.45) is 1.70. The van der Waals surface area contributed by atoms with Crippen molar-refractivity contribution in [3.8, 4) is 11.5 Å².